The zero-order valence-corrected chi connectivity index (χ0v) is 11.2. The maximum atomic E-state index is 13.0. The normalized spacial score (nSPS) is 14.8. The molecule has 0 radical (unpaired) electrons. The summed E-state index contributed by atoms with van der Waals surface area (Å²) in [7, 11) is 0. The van der Waals surface area contributed by atoms with Crippen LogP contribution >= 0.6 is 11.6 Å². The van der Waals surface area contributed by atoms with Crippen LogP contribution in [-0.2, 0) is 13.1 Å². The topological polar surface area (TPSA) is 29.9 Å². The lowest BCUT2D eigenvalue weighted by Gasteiger charge is -2.10. The summed E-state index contributed by atoms with van der Waals surface area (Å²) in [6.45, 7) is 1.37. The number of benzene rings is 1. The van der Waals surface area contributed by atoms with Crippen LogP contribution in [0.5, 0.6) is 0 Å². The van der Waals surface area contributed by atoms with Crippen LogP contribution in [0.2, 0.25) is 5.02 Å². The third-order valence-corrected chi connectivity index (χ3v) is 3.64. The van der Waals surface area contributed by atoms with Crippen LogP contribution in [0.3, 0.4) is 0 Å². The molecule has 1 fully saturated rings. The van der Waals surface area contributed by atoms with E-state index in [2.05, 4.69) is 10.3 Å². The second kappa shape index (κ2) is 5.31. The van der Waals surface area contributed by atoms with E-state index in [0.717, 1.165) is 17.9 Å². The number of hydrogen-bond donors (Lipinski definition) is 1. The summed E-state index contributed by atoms with van der Waals surface area (Å²) in [6.07, 6.45) is 6.21. The highest BCUT2D eigenvalue weighted by molar-refractivity contribution is 6.31. The van der Waals surface area contributed by atoms with Gasteiger partial charge >= 0.3 is 0 Å². The summed E-state index contributed by atoms with van der Waals surface area (Å²) in [5.74, 6) is 0.669. The number of rotatable bonds is 5. The number of hydrogen-bond acceptors (Lipinski definition) is 2. The summed E-state index contributed by atoms with van der Waals surface area (Å²) >= 11 is 6.05. The molecule has 0 unspecified atom stereocenters. The molecule has 1 saturated carbocycles. The predicted molar refractivity (Wildman–Crippen MR) is 72.6 cm³/mol. The molecule has 0 aliphatic heterocycles. The Bertz CT molecular complexity index is 578. The fourth-order valence-corrected chi connectivity index (χ4v) is 2.23. The Balaban J connectivity index is 1.73. The molecule has 1 N–H and O–H groups in total. The van der Waals surface area contributed by atoms with Gasteiger partial charge in [-0.05, 0) is 30.5 Å². The fraction of sp³-hybridized carbons (Fsp3) is 0.357. The third kappa shape index (κ3) is 3.14. The molecule has 1 aliphatic rings. The summed E-state index contributed by atoms with van der Waals surface area (Å²) in [6, 6.07) is 5.14. The van der Waals surface area contributed by atoms with Gasteiger partial charge in [-0.1, -0.05) is 17.7 Å². The predicted octanol–water partition coefficient (Wildman–Crippen LogP) is 2.98. The van der Waals surface area contributed by atoms with Crippen LogP contribution in [0.4, 0.5) is 4.39 Å². The van der Waals surface area contributed by atoms with Gasteiger partial charge in [0.1, 0.15) is 11.6 Å². The smallest absolute Gasteiger partial charge is 0.124 e. The van der Waals surface area contributed by atoms with Crippen molar-refractivity contribution in [2.75, 3.05) is 0 Å². The van der Waals surface area contributed by atoms with E-state index in [-0.39, 0.29) is 5.82 Å². The van der Waals surface area contributed by atoms with Crippen molar-refractivity contribution >= 4 is 11.6 Å². The van der Waals surface area contributed by atoms with E-state index in [9.17, 15) is 4.39 Å². The van der Waals surface area contributed by atoms with Gasteiger partial charge in [-0.2, -0.15) is 0 Å². The Morgan fingerprint density at radius 2 is 2.26 bits per heavy atom. The van der Waals surface area contributed by atoms with E-state index in [4.69, 9.17) is 11.6 Å². The van der Waals surface area contributed by atoms with Gasteiger partial charge in [0.05, 0.1) is 13.1 Å². The monoisotopic (exact) mass is 279 g/mol. The number of aromatic nitrogens is 2. The van der Waals surface area contributed by atoms with Gasteiger partial charge in [0, 0.05) is 23.5 Å². The van der Waals surface area contributed by atoms with Crippen molar-refractivity contribution in [2.24, 2.45) is 0 Å². The molecule has 5 heteroatoms. The fourth-order valence-electron chi connectivity index (χ4n) is 2.01. The van der Waals surface area contributed by atoms with E-state index >= 15 is 0 Å². The Hall–Kier alpha value is -1.39. The van der Waals surface area contributed by atoms with E-state index in [1.165, 1.54) is 25.0 Å². The van der Waals surface area contributed by atoms with Crippen molar-refractivity contribution in [1.82, 2.24) is 14.9 Å². The highest BCUT2D eigenvalue weighted by atomic mass is 35.5. The molecule has 100 valence electrons. The van der Waals surface area contributed by atoms with Crippen molar-refractivity contribution < 1.29 is 4.39 Å². The Morgan fingerprint density at radius 3 is 3.00 bits per heavy atom. The highest BCUT2D eigenvalue weighted by Crippen LogP contribution is 2.20. The first-order chi connectivity index (χ1) is 9.22. The van der Waals surface area contributed by atoms with E-state index < -0.39 is 0 Å². The second-order valence-electron chi connectivity index (χ2n) is 4.86. The average Bonchev–Trinajstić information content (AvgIpc) is 3.11. The molecular weight excluding hydrogens is 265 g/mol. The number of imidazole rings is 1. The molecule has 0 atom stereocenters. The van der Waals surface area contributed by atoms with Gasteiger partial charge < -0.3 is 9.88 Å². The quantitative estimate of drug-likeness (QED) is 0.912. The molecule has 0 saturated heterocycles. The van der Waals surface area contributed by atoms with Gasteiger partial charge in [-0.15, -0.1) is 0 Å². The zero-order valence-electron chi connectivity index (χ0n) is 10.4. The standard InChI is InChI=1S/C14H15ClFN3/c15-13-7-11(16)2-1-10(13)9-19-6-5-17-14(19)8-18-12-3-4-12/h1-2,5-7,12,18H,3-4,8-9H2. The minimum atomic E-state index is -0.310. The average molecular weight is 280 g/mol. The van der Waals surface area contributed by atoms with E-state index in [1.807, 2.05) is 10.8 Å². The van der Waals surface area contributed by atoms with E-state index in [1.54, 1.807) is 12.3 Å². The molecule has 0 bridgehead atoms. The van der Waals surface area contributed by atoms with Crippen molar-refractivity contribution in [1.29, 1.82) is 0 Å². The van der Waals surface area contributed by atoms with Crippen LogP contribution in [0.25, 0.3) is 0 Å². The summed E-state index contributed by atoms with van der Waals surface area (Å²) in [5, 5.41) is 3.89. The largest absolute Gasteiger partial charge is 0.329 e. The molecular formula is C14H15ClFN3. The first-order valence-electron chi connectivity index (χ1n) is 6.40. The Labute approximate surface area is 116 Å². The molecule has 1 aromatic heterocycles. The minimum Gasteiger partial charge on any atom is -0.329 e. The first kappa shape index (κ1) is 12.6. The van der Waals surface area contributed by atoms with Crippen molar-refractivity contribution in [3.63, 3.8) is 0 Å². The number of nitrogens with zero attached hydrogens (tertiary/aromatic N) is 2. The van der Waals surface area contributed by atoms with Crippen molar-refractivity contribution in [2.45, 2.75) is 32.0 Å². The van der Waals surface area contributed by atoms with Gasteiger partial charge in [0.2, 0.25) is 0 Å². The zero-order chi connectivity index (χ0) is 13.2. The number of nitrogens with one attached hydrogen (secondary N) is 1. The molecule has 1 aliphatic carbocycles. The molecule has 3 rings (SSSR count). The van der Waals surface area contributed by atoms with Crippen LogP contribution in [0, 0.1) is 5.82 Å². The van der Waals surface area contributed by atoms with Gasteiger partial charge in [0.25, 0.3) is 0 Å². The van der Waals surface area contributed by atoms with E-state index in [0.29, 0.717) is 17.6 Å². The molecule has 1 heterocycles. The summed E-state index contributed by atoms with van der Waals surface area (Å²) < 4.78 is 15.0. The SMILES string of the molecule is Fc1ccc(Cn2ccnc2CNC2CC2)c(Cl)c1. The maximum absolute atomic E-state index is 13.0. The van der Waals surface area contributed by atoms with Gasteiger partial charge in [-0.3, -0.25) is 0 Å². The van der Waals surface area contributed by atoms with Crippen molar-refractivity contribution in [3.8, 4) is 0 Å². The third-order valence-electron chi connectivity index (χ3n) is 3.28. The molecule has 0 spiro atoms. The molecule has 2 aromatic rings. The van der Waals surface area contributed by atoms with Crippen LogP contribution in [-0.4, -0.2) is 15.6 Å². The van der Waals surface area contributed by atoms with Crippen LogP contribution in [0.1, 0.15) is 24.2 Å². The Morgan fingerprint density at radius 1 is 1.42 bits per heavy atom. The molecule has 19 heavy (non-hydrogen) atoms. The van der Waals surface area contributed by atoms with Crippen LogP contribution < -0.4 is 5.32 Å². The lowest BCUT2D eigenvalue weighted by atomic mass is 10.2. The number of halogens is 2. The minimum absolute atomic E-state index is 0.310. The van der Waals surface area contributed by atoms with Gasteiger partial charge in [0.15, 0.2) is 0 Å². The molecule has 1 aromatic carbocycles. The van der Waals surface area contributed by atoms with Crippen molar-refractivity contribution in [3.05, 3.63) is 52.8 Å². The maximum Gasteiger partial charge on any atom is 0.124 e. The van der Waals surface area contributed by atoms with Crippen LogP contribution in [0.15, 0.2) is 30.6 Å². The van der Waals surface area contributed by atoms with Gasteiger partial charge in [-0.25, -0.2) is 9.37 Å². The summed E-state index contributed by atoms with van der Waals surface area (Å²) in [4.78, 5) is 4.34. The highest BCUT2D eigenvalue weighted by Gasteiger charge is 2.20. The summed E-state index contributed by atoms with van der Waals surface area (Å²) in [5.41, 5.74) is 0.897. The lowest BCUT2D eigenvalue weighted by molar-refractivity contribution is 0.614. The lowest BCUT2D eigenvalue weighted by Crippen LogP contribution is -2.19. The first-order valence-corrected chi connectivity index (χ1v) is 6.77. The second-order valence-corrected chi connectivity index (χ2v) is 5.27. The molecule has 0 amide bonds. The Kier molecular flexibility index (Phi) is 3.53. The molecule has 3 nitrogen and oxygen atoms in total.